The Labute approximate surface area is 233 Å². The highest BCUT2D eigenvalue weighted by molar-refractivity contribution is 6.05. The number of aromatic amines is 1. The van der Waals surface area contributed by atoms with E-state index in [-0.39, 0.29) is 22.7 Å². The van der Waals surface area contributed by atoms with E-state index in [1.54, 1.807) is 25.6 Å². The van der Waals surface area contributed by atoms with Gasteiger partial charge < -0.3 is 20.2 Å². The van der Waals surface area contributed by atoms with Gasteiger partial charge >= 0.3 is 0 Å². The van der Waals surface area contributed by atoms with Crippen LogP contribution >= 0.6 is 0 Å². The van der Waals surface area contributed by atoms with Crippen LogP contribution in [0.3, 0.4) is 0 Å². The molecule has 0 spiro atoms. The van der Waals surface area contributed by atoms with E-state index in [4.69, 9.17) is 0 Å². The number of nitrogens with one attached hydrogen (secondary N) is 3. The summed E-state index contributed by atoms with van der Waals surface area (Å²) in [7, 11) is 1.69. The van der Waals surface area contributed by atoms with Crippen molar-refractivity contribution in [3.63, 3.8) is 0 Å². The van der Waals surface area contributed by atoms with Gasteiger partial charge in [0.25, 0.3) is 11.5 Å². The van der Waals surface area contributed by atoms with Gasteiger partial charge in [0.2, 0.25) is 0 Å². The lowest BCUT2D eigenvalue weighted by Gasteiger charge is -2.19. The minimum atomic E-state index is -0.252. The zero-order chi connectivity index (χ0) is 28.4. The number of rotatable bonds is 6. The molecule has 5 aromatic rings. The number of anilines is 3. The number of aryl methyl sites for hydroxylation is 2. The Morgan fingerprint density at radius 2 is 1.65 bits per heavy atom. The fourth-order valence-corrected chi connectivity index (χ4v) is 4.33. The highest BCUT2D eigenvalue weighted by Gasteiger charge is 2.16. The van der Waals surface area contributed by atoms with Crippen LogP contribution in [0.1, 0.15) is 42.3 Å². The third kappa shape index (κ3) is 5.71. The van der Waals surface area contributed by atoms with Gasteiger partial charge in [0.05, 0.1) is 5.69 Å². The van der Waals surface area contributed by atoms with Crippen LogP contribution in [0.5, 0.6) is 0 Å². The maximum absolute atomic E-state index is 13.0. The number of carbonyl (C=O) groups is 1. The highest BCUT2D eigenvalue weighted by Crippen LogP contribution is 2.27. The molecular formula is C32H32N6O2. The van der Waals surface area contributed by atoms with Gasteiger partial charge in [-0.05, 0) is 65.9 Å². The second-order valence-corrected chi connectivity index (χ2v) is 10.8. The van der Waals surface area contributed by atoms with Crippen molar-refractivity contribution in [3.05, 3.63) is 112 Å². The summed E-state index contributed by atoms with van der Waals surface area (Å²) >= 11 is 0. The van der Waals surface area contributed by atoms with Crippen molar-refractivity contribution in [2.24, 2.45) is 7.05 Å². The monoisotopic (exact) mass is 532 g/mol. The van der Waals surface area contributed by atoms with Gasteiger partial charge in [0, 0.05) is 53.7 Å². The summed E-state index contributed by atoms with van der Waals surface area (Å²) in [5, 5.41) is 6.18. The summed E-state index contributed by atoms with van der Waals surface area (Å²) in [6, 6.07) is 21.0. The van der Waals surface area contributed by atoms with E-state index in [1.807, 2.05) is 73.7 Å². The number of imidazole rings is 1. The molecule has 0 radical (unpaired) electrons. The third-order valence-corrected chi connectivity index (χ3v) is 6.79. The molecular weight excluding hydrogens is 500 g/mol. The predicted octanol–water partition coefficient (Wildman–Crippen LogP) is 6.44. The number of H-pyrrole nitrogens is 1. The van der Waals surface area contributed by atoms with Gasteiger partial charge in [0.1, 0.15) is 5.82 Å². The molecule has 202 valence electrons. The lowest BCUT2D eigenvalue weighted by atomic mass is 9.86. The Morgan fingerprint density at radius 3 is 2.30 bits per heavy atom. The first-order chi connectivity index (χ1) is 19.1. The van der Waals surface area contributed by atoms with E-state index < -0.39 is 0 Å². The van der Waals surface area contributed by atoms with Crippen LogP contribution in [0.15, 0.2) is 90.1 Å². The van der Waals surface area contributed by atoms with Gasteiger partial charge in [-0.15, -0.1) is 0 Å². The van der Waals surface area contributed by atoms with Gasteiger partial charge in [0.15, 0.2) is 5.82 Å². The van der Waals surface area contributed by atoms with Gasteiger partial charge in [-0.3, -0.25) is 9.59 Å². The number of carbonyl (C=O) groups excluding carboxylic acids is 1. The normalized spacial score (nSPS) is 11.3. The molecule has 1 amide bonds. The Kier molecular flexibility index (Phi) is 7.09. The molecule has 0 aliphatic carbocycles. The molecule has 8 heteroatoms. The van der Waals surface area contributed by atoms with Crippen molar-refractivity contribution < 1.29 is 4.79 Å². The Bertz CT molecular complexity index is 1710. The molecule has 0 bridgehead atoms. The van der Waals surface area contributed by atoms with Crippen molar-refractivity contribution in [3.8, 4) is 22.6 Å². The molecule has 0 saturated heterocycles. The number of amides is 1. The van der Waals surface area contributed by atoms with Crippen molar-refractivity contribution >= 4 is 23.1 Å². The summed E-state index contributed by atoms with van der Waals surface area (Å²) in [5.41, 5.74) is 6.15. The van der Waals surface area contributed by atoms with Crippen LogP contribution in [-0.2, 0) is 12.5 Å². The van der Waals surface area contributed by atoms with Crippen LogP contribution in [0.4, 0.5) is 17.2 Å². The lowest BCUT2D eigenvalue weighted by Crippen LogP contribution is -2.21. The second-order valence-electron chi connectivity index (χ2n) is 10.8. The molecule has 3 aromatic carbocycles. The van der Waals surface area contributed by atoms with E-state index >= 15 is 0 Å². The maximum atomic E-state index is 13.0. The van der Waals surface area contributed by atoms with E-state index in [2.05, 4.69) is 46.4 Å². The van der Waals surface area contributed by atoms with Gasteiger partial charge in [-0.1, -0.05) is 45.0 Å². The van der Waals surface area contributed by atoms with Gasteiger partial charge in [-0.25, -0.2) is 9.97 Å². The quantitative estimate of drug-likeness (QED) is 0.233. The van der Waals surface area contributed by atoms with E-state index in [0.29, 0.717) is 16.9 Å². The molecule has 0 aliphatic rings. The largest absolute Gasteiger partial charge is 0.345 e. The summed E-state index contributed by atoms with van der Waals surface area (Å²) in [5.74, 6) is 0.789. The van der Waals surface area contributed by atoms with E-state index in [9.17, 15) is 9.59 Å². The molecule has 0 saturated carbocycles. The molecule has 8 nitrogen and oxygen atoms in total. The minimum absolute atomic E-state index is 0.0137. The molecule has 5 rings (SSSR count). The van der Waals surface area contributed by atoms with Crippen LogP contribution < -0.4 is 16.2 Å². The Balaban J connectivity index is 1.39. The number of aromatic nitrogens is 4. The molecule has 40 heavy (non-hydrogen) atoms. The number of hydrogen-bond acceptors (Lipinski definition) is 5. The van der Waals surface area contributed by atoms with Crippen LogP contribution in [0.25, 0.3) is 22.6 Å². The SMILES string of the molecule is Cc1ccc(-c2cn(C)c(=O)c(Nc3ccc(-c4ncc[nH]4)cc3)n2)cc1NC(=O)c1ccc(C(C)(C)C)cc1. The smallest absolute Gasteiger partial charge is 0.293 e. The molecule has 0 fully saturated rings. The topological polar surface area (TPSA) is 105 Å². The molecule has 3 N–H and O–H groups in total. The number of nitrogens with zero attached hydrogens (tertiary/aromatic N) is 3. The molecule has 0 unspecified atom stereocenters. The zero-order valence-electron chi connectivity index (χ0n) is 23.2. The molecule has 0 atom stereocenters. The standard InChI is InChI=1S/C32H32N6O2/c1-20-6-7-23(18-26(20)37-30(39)22-8-12-24(13-9-22)32(2,3)4)27-19-38(5)31(40)29(36-27)35-25-14-10-21(11-15-25)28-33-16-17-34-28/h6-19H,1-5H3,(H,33,34)(H,35,36)(H,37,39). The van der Waals surface area contributed by atoms with Crippen molar-refractivity contribution in [2.75, 3.05) is 10.6 Å². The summed E-state index contributed by atoms with van der Waals surface area (Å²) < 4.78 is 1.50. The van der Waals surface area contributed by atoms with Crippen LogP contribution in [0, 0.1) is 6.92 Å². The summed E-state index contributed by atoms with van der Waals surface area (Å²) in [4.78, 5) is 37.9. The van der Waals surface area contributed by atoms with Crippen LogP contribution in [0.2, 0.25) is 0 Å². The predicted molar refractivity (Wildman–Crippen MR) is 160 cm³/mol. The molecule has 2 aromatic heterocycles. The fraction of sp³-hybridized carbons (Fsp3) is 0.188. The number of benzene rings is 3. The van der Waals surface area contributed by atoms with Gasteiger partial charge in [-0.2, -0.15) is 0 Å². The van der Waals surface area contributed by atoms with Crippen molar-refractivity contribution in [2.45, 2.75) is 33.1 Å². The zero-order valence-corrected chi connectivity index (χ0v) is 23.2. The summed E-state index contributed by atoms with van der Waals surface area (Å²) in [6.45, 7) is 8.37. The maximum Gasteiger partial charge on any atom is 0.293 e. The first-order valence-electron chi connectivity index (χ1n) is 13.1. The number of hydrogen-bond donors (Lipinski definition) is 3. The second kappa shape index (κ2) is 10.6. The summed E-state index contributed by atoms with van der Waals surface area (Å²) in [6.07, 6.45) is 5.16. The molecule has 2 heterocycles. The molecule has 0 aliphatic heterocycles. The average Bonchev–Trinajstić information content (AvgIpc) is 3.47. The van der Waals surface area contributed by atoms with Crippen LogP contribution in [-0.4, -0.2) is 25.4 Å². The first-order valence-corrected chi connectivity index (χ1v) is 13.1. The minimum Gasteiger partial charge on any atom is -0.345 e. The highest BCUT2D eigenvalue weighted by atomic mass is 16.1. The van der Waals surface area contributed by atoms with Crippen molar-refractivity contribution in [1.82, 2.24) is 19.5 Å². The third-order valence-electron chi connectivity index (χ3n) is 6.79. The Hall–Kier alpha value is -4.98. The van der Waals surface area contributed by atoms with Crippen molar-refractivity contribution in [1.29, 1.82) is 0 Å². The fourth-order valence-electron chi connectivity index (χ4n) is 4.33. The lowest BCUT2D eigenvalue weighted by molar-refractivity contribution is 0.102. The van der Waals surface area contributed by atoms with E-state index in [1.165, 1.54) is 10.1 Å². The average molecular weight is 533 g/mol. The first kappa shape index (κ1) is 26.6. The Morgan fingerprint density at radius 1 is 0.950 bits per heavy atom. The van der Waals surface area contributed by atoms with E-state index in [0.717, 1.165) is 28.2 Å².